The summed E-state index contributed by atoms with van der Waals surface area (Å²) in [6.07, 6.45) is 6.26. The van der Waals surface area contributed by atoms with Gasteiger partial charge >= 0.3 is 0 Å². The number of likely N-dealkylation sites (tertiary alicyclic amines) is 1. The van der Waals surface area contributed by atoms with E-state index in [0.29, 0.717) is 0 Å². The van der Waals surface area contributed by atoms with Crippen molar-refractivity contribution in [3.8, 4) is 0 Å². The fraction of sp³-hybridized carbons (Fsp3) is 0.846. The molecule has 1 nitrogen and oxygen atoms in total. The van der Waals surface area contributed by atoms with Gasteiger partial charge in [0.25, 0.3) is 0 Å². The summed E-state index contributed by atoms with van der Waals surface area (Å²) >= 11 is 0. The molecule has 0 radical (unpaired) electrons. The summed E-state index contributed by atoms with van der Waals surface area (Å²) in [5.41, 5.74) is 0. The summed E-state index contributed by atoms with van der Waals surface area (Å²) in [6, 6.07) is 1.74. The lowest BCUT2D eigenvalue weighted by Crippen LogP contribution is -2.53. The minimum absolute atomic E-state index is 0.814. The van der Waals surface area contributed by atoms with E-state index in [0.717, 1.165) is 35.8 Å². The van der Waals surface area contributed by atoms with Gasteiger partial charge in [0.15, 0.2) is 0 Å². The first kappa shape index (κ1) is 8.96. The van der Waals surface area contributed by atoms with Crippen LogP contribution in [0.3, 0.4) is 0 Å². The molecule has 1 aliphatic heterocycles. The maximum Gasteiger partial charge on any atom is 0.0172 e. The van der Waals surface area contributed by atoms with Crippen LogP contribution in [0, 0.1) is 23.7 Å². The predicted molar refractivity (Wildman–Crippen MR) is 59.0 cm³/mol. The highest BCUT2D eigenvalue weighted by Gasteiger charge is 2.60. The number of rotatable bonds is 1. The van der Waals surface area contributed by atoms with E-state index in [4.69, 9.17) is 0 Å². The van der Waals surface area contributed by atoms with Gasteiger partial charge in [-0.2, -0.15) is 0 Å². The van der Waals surface area contributed by atoms with E-state index >= 15 is 0 Å². The molecular weight excluding hydrogens is 170 g/mol. The number of nitrogens with zero attached hydrogens (tertiary/aromatic N) is 1. The zero-order valence-corrected chi connectivity index (χ0v) is 9.48. The average Bonchev–Trinajstić information content (AvgIpc) is 2.63. The second-order valence-electron chi connectivity index (χ2n) is 5.40. The molecule has 2 aliphatic carbocycles. The van der Waals surface area contributed by atoms with Crippen LogP contribution in [-0.2, 0) is 0 Å². The lowest BCUT2D eigenvalue weighted by Gasteiger charge is -2.49. The highest BCUT2D eigenvalue weighted by molar-refractivity contribution is 5.21. The Kier molecular flexibility index (Phi) is 1.82. The quantitative estimate of drug-likeness (QED) is 0.576. The van der Waals surface area contributed by atoms with Gasteiger partial charge in [0.1, 0.15) is 0 Å². The van der Waals surface area contributed by atoms with Gasteiger partial charge < -0.3 is 0 Å². The highest BCUT2D eigenvalue weighted by atomic mass is 15.2. The Morgan fingerprint density at radius 2 is 2.14 bits per heavy atom. The van der Waals surface area contributed by atoms with Gasteiger partial charge in [-0.25, -0.2) is 0 Å². The van der Waals surface area contributed by atoms with Crippen molar-refractivity contribution in [2.45, 2.75) is 39.3 Å². The van der Waals surface area contributed by atoms with Crippen LogP contribution in [0.15, 0.2) is 12.2 Å². The highest BCUT2D eigenvalue weighted by Crippen LogP contribution is 2.58. The molecule has 78 valence electrons. The molecule has 1 saturated carbocycles. The number of hydrogen-bond donors (Lipinski definition) is 0. The SMILES string of the molecule is CCN1C2[C@@H]([C@H](C)[C@@H]1C)[C@H]1C=CC[C@@H]21. The Balaban J connectivity index is 1.88. The van der Waals surface area contributed by atoms with Crippen LogP contribution < -0.4 is 0 Å². The predicted octanol–water partition coefficient (Wildman–Crippen LogP) is 2.54. The molecule has 1 heteroatoms. The zero-order valence-electron chi connectivity index (χ0n) is 9.48. The molecule has 0 amide bonds. The molecule has 0 aromatic carbocycles. The van der Waals surface area contributed by atoms with Crippen LogP contribution in [0.25, 0.3) is 0 Å². The van der Waals surface area contributed by atoms with E-state index in [1.807, 2.05) is 0 Å². The number of allylic oxidation sites excluding steroid dienone is 2. The monoisotopic (exact) mass is 191 g/mol. The van der Waals surface area contributed by atoms with Gasteiger partial charge in [-0.3, -0.25) is 4.90 Å². The standard InChI is InChI=1S/C13H21N/c1-4-14-9(3)8(2)12-10-6-5-7-11(10)13(12)14/h5-6,8-13H,4,7H2,1-3H3/t8-,9+,10+,11-,12+,13?/m1/s1. The number of hydrogen-bond acceptors (Lipinski definition) is 1. The van der Waals surface area contributed by atoms with Crippen LogP contribution in [0.5, 0.6) is 0 Å². The van der Waals surface area contributed by atoms with Crippen molar-refractivity contribution in [3.05, 3.63) is 12.2 Å². The summed E-state index contributed by atoms with van der Waals surface area (Å²) in [7, 11) is 0. The molecule has 3 aliphatic rings. The van der Waals surface area contributed by atoms with E-state index in [2.05, 4.69) is 37.8 Å². The van der Waals surface area contributed by atoms with Gasteiger partial charge in [0.05, 0.1) is 0 Å². The lowest BCUT2D eigenvalue weighted by atomic mass is 9.60. The molecule has 2 fully saturated rings. The fourth-order valence-corrected chi connectivity index (χ4v) is 4.36. The van der Waals surface area contributed by atoms with Crippen LogP contribution in [0.1, 0.15) is 27.2 Å². The molecule has 1 heterocycles. The summed E-state index contributed by atoms with van der Waals surface area (Å²) in [4.78, 5) is 2.75. The minimum Gasteiger partial charge on any atom is -0.297 e. The molecule has 0 aromatic heterocycles. The Bertz CT molecular complexity index is 270. The summed E-state index contributed by atoms with van der Waals surface area (Å²) < 4.78 is 0. The molecule has 0 spiro atoms. The Hall–Kier alpha value is -0.300. The Morgan fingerprint density at radius 1 is 1.36 bits per heavy atom. The third kappa shape index (κ3) is 0.850. The molecule has 1 unspecified atom stereocenters. The third-order valence-corrected chi connectivity index (χ3v) is 5.18. The van der Waals surface area contributed by atoms with Crippen molar-refractivity contribution in [2.24, 2.45) is 23.7 Å². The first-order valence-electron chi connectivity index (χ1n) is 6.18. The van der Waals surface area contributed by atoms with Gasteiger partial charge in [-0.15, -0.1) is 0 Å². The first-order valence-corrected chi connectivity index (χ1v) is 6.18. The van der Waals surface area contributed by atoms with Gasteiger partial charge in [-0.05, 0) is 43.6 Å². The molecule has 0 N–H and O–H groups in total. The molecular formula is C13H21N. The van der Waals surface area contributed by atoms with E-state index < -0.39 is 0 Å². The molecule has 1 saturated heterocycles. The van der Waals surface area contributed by atoms with Crippen LogP contribution in [0.4, 0.5) is 0 Å². The summed E-state index contributed by atoms with van der Waals surface area (Å²) in [5.74, 6) is 3.80. The maximum atomic E-state index is 2.75. The van der Waals surface area contributed by atoms with E-state index in [-0.39, 0.29) is 0 Å². The molecule has 0 aromatic rings. The summed E-state index contributed by atoms with van der Waals surface area (Å²) in [5, 5.41) is 0. The Morgan fingerprint density at radius 3 is 2.86 bits per heavy atom. The summed E-state index contributed by atoms with van der Waals surface area (Å²) in [6.45, 7) is 8.45. The fourth-order valence-electron chi connectivity index (χ4n) is 4.36. The van der Waals surface area contributed by atoms with Crippen molar-refractivity contribution >= 4 is 0 Å². The topological polar surface area (TPSA) is 3.24 Å². The zero-order chi connectivity index (χ0) is 9.87. The largest absolute Gasteiger partial charge is 0.297 e. The molecule has 6 atom stereocenters. The van der Waals surface area contributed by atoms with E-state index in [1.165, 1.54) is 13.0 Å². The second kappa shape index (κ2) is 2.85. The maximum absolute atomic E-state index is 2.75. The minimum atomic E-state index is 0.814. The molecule has 14 heavy (non-hydrogen) atoms. The van der Waals surface area contributed by atoms with Crippen molar-refractivity contribution < 1.29 is 0 Å². The molecule has 0 bridgehead atoms. The van der Waals surface area contributed by atoms with Crippen molar-refractivity contribution in [1.29, 1.82) is 0 Å². The number of fused-ring (bicyclic) bond motifs is 4. The van der Waals surface area contributed by atoms with E-state index in [9.17, 15) is 0 Å². The van der Waals surface area contributed by atoms with Crippen molar-refractivity contribution in [3.63, 3.8) is 0 Å². The van der Waals surface area contributed by atoms with Crippen molar-refractivity contribution in [2.75, 3.05) is 6.54 Å². The van der Waals surface area contributed by atoms with Crippen LogP contribution in [-0.4, -0.2) is 23.5 Å². The molecule has 3 rings (SSSR count). The van der Waals surface area contributed by atoms with Crippen molar-refractivity contribution in [1.82, 2.24) is 4.90 Å². The second-order valence-corrected chi connectivity index (χ2v) is 5.40. The van der Waals surface area contributed by atoms with E-state index in [1.54, 1.807) is 0 Å². The van der Waals surface area contributed by atoms with Gasteiger partial charge in [0.2, 0.25) is 0 Å². The van der Waals surface area contributed by atoms with Crippen LogP contribution >= 0.6 is 0 Å². The van der Waals surface area contributed by atoms with Crippen LogP contribution in [0.2, 0.25) is 0 Å². The average molecular weight is 191 g/mol. The normalized spacial score (nSPS) is 55.6. The Labute approximate surface area is 87.2 Å². The smallest absolute Gasteiger partial charge is 0.0172 e. The van der Waals surface area contributed by atoms with Gasteiger partial charge in [0, 0.05) is 12.1 Å². The third-order valence-electron chi connectivity index (χ3n) is 5.18. The first-order chi connectivity index (χ1) is 6.75. The van der Waals surface area contributed by atoms with Gasteiger partial charge in [-0.1, -0.05) is 26.0 Å². The lowest BCUT2D eigenvalue weighted by molar-refractivity contribution is 0.0142.